The molecule has 0 aliphatic heterocycles. The van der Waals surface area contributed by atoms with Crippen LogP contribution in [-0.2, 0) is 4.79 Å². The predicted octanol–water partition coefficient (Wildman–Crippen LogP) is 1.58. The number of carbonyl (C=O) groups is 1. The molecule has 0 aliphatic rings. The summed E-state index contributed by atoms with van der Waals surface area (Å²) in [5.41, 5.74) is -0.718. The highest BCUT2D eigenvalue weighted by molar-refractivity contribution is 5.76. The van der Waals surface area contributed by atoms with Gasteiger partial charge in [0.05, 0.1) is 20.6 Å². The summed E-state index contributed by atoms with van der Waals surface area (Å²) in [4.78, 5) is 11.0. The molecule has 0 unspecified atom stereocenters. The predicted molar refractivity (Wildman–Crippen MR) is 53.5 cm³/mol. The molecule has 78 valence electrons. The summed E-state index contributed by atoms with van der Waals surface area (Å²) in [6.07, 6.45) is 0. The third kappa shape index (κ3) is 2.69. The van der Waals surface area contributed by atoms with Crippen molar-refractivity contribution in [3.63, 3.8) is 0 Å². The van der Waals surface area contributed by atoms with Gasteiger partial charge in [-0.1, -0.05) is 13.8 Å². The molecular weight excluding hydrogens is 166 g/mol. The zero-order chi connectivity index (χ0) is 10.9. The van der Waals surface area contributed by atoms with Crippen molar-refractivity contribution in [2.45, 2.75) is 33.2 Å². The first kappa shape index (κ1) is 12.4. The van der Waals surface area contributed by atoms with Crippen LogP contribution in [0.2, 0.25) is 0 Å². The molecule has 0 aromatic rings. The van der Waals surface area contributed by atoms with Crippen LogP contribution >= 0.6 is 0 Å². The van der Waals surface area contributed by atoms with Crippen molar-refractivity contribution in [2.75, 3.05) is 20.6 Å². The van der Waals surface area contributed by atoms with E-state index >= 15 is 0 Å². The lowest BCUT2D eigenvalue weighted by atomic mass is 9.99. The maximum Gasteiger partial charge on any atom is 0.365 e. The number of aliphatic carboxylic acids is 1. The SMILES string of the molecule is CC(C)C[N+](C)(C)C(C)(C)C(=O)O. The maximum absolute atomic E-state index is 11.0. The Bertz CT molecular complexity index is 195. The molecule has 0 spiro atoms. The monoisotopic (exact) mass is 188 g/mol. The van der Waals surface area contributed by atoms with E-state index in [1.54, 1.807) is 13.8 Å². The van der Waals surface area contributed by atoms with Crippen molar-refractivity contribution in [3.8, 4) is 0 Å². The number of nitrogens with zero attached hydrogens (tertiary/aromatic N) is 1. The molecule has 3 nitrogen and oxygen atoms in total. The normalized spacial score (nSPS) is 13.5. The average Bonchev–Trinajstić information content (AvgIpc) is 1.83. The standard InChI is InChI=1S/C10H21NO2/c1-8(2)7-11(5,6)10(3,4)9(12)13/h8H,7H2,1-6H3/p+1. The summed E-state index contributed by atoms with van der Waals surface area (Å²) < 4.78 is 0.514. The minimum Gasteiger partial charge on any atom is -0.477 e. The topological polar surface area (TPSA) is 37.3 Å². The summed E-state index contributed by atoms with van der Waals surface area (Å²) in [5, 5.41) is 9.07. The van der Waals surface area contributed by atoms with E-state index < -0.39 is 11.5 Å². The van der Waals surface area contributed by atoms with Gasteiger partial charge in [-0.15, -0.1) is 0 Å². The number of likely N-dealkylation sites (N-methyl/N-ethyl adjacent to an activating group) is 1. The van der Waals surface area contributed by atoms with Crippen LogP contribution in [0.4, 0.5) is 0 Å². The molecule has 1 N–H and O–H groups in total. The van der Waals surface area contributed by atoms with E-state index in [9.17, 15) is 4.79 Å². The van der Waals surface area contributed by atoms with Gasteiger partial charge in [-0.25, -0.2) is 4.79 Å². The van der Waals surface area contributed by atoms with Gasteiger partial charge in [0.25, 0.3) is 0 Å². The fourth-order valence-electron chi connectivity index (χ4n) is 1.40. The maximum atomic E-state index is 11.0. The lowest BCUT2D eigenvalue weighted by molar-refractivity contribution is -0.930. The van der Waals surface area contributed by atoms with Gasteiger partial charge in [-0.2, -0.15) is 0 Å². The second kappa shape index (κ2) is 3.66. The van der Waals surface area contributed by atoms with E-state index in [4.69, 9.17) is 5.11 Å². The Kier molecular flexibility index (Phi) is 3.50. The van der Waals surface area contributed by atoms with Gasteiger partial charge >= 0.3 is 5.97 Å². The fraction of sp³-hybridized carbons (Fsp3) is 0.900. The van der Waals surface area contributed by atoms with Crippen LogP contribution in [-0.4, -0.2) is 41.7 Å². The Morgan fingerprint density at radius 3 is 2.00 bits per heavy atom. The second-order valence-electron chi connectivity index (χ2n) is 5.13. The zero-order valence-electron chi connectivity index (χ0n) is 9.59. The van der Waals surface area contributed by atoms with Crippen LogP contribution in [0.1, 0.15) is 27.7 Å². The molecule has 0 heterocycles. The lowest BCUT2D eigenvalue weighted by Crippen LogP contribution is -2.61. The van der Waals surface area contributed by atoms with E-state index in [-0.39, 0.29) is 0 Å². The largest absolute Gasteiger partial charge is 0.477 e. The lowest BCUT2D eigenvalue weighted by Gasteiger charge is -2.42. The van der Waals surface area contributed by atoms with Crippen molar-refractivity contribution in [2.24, 2.45) is 5.92 Å². The molecule has 3 heteroatoms. The average molecular weight is 188 g/mol. The van der Waals surface area contributed by atoms with Gasteiger partial charge in [-0.3, -0.25) is 0 Å². The molecule has 0 saturated heterocycles. The van der Waals surface area contributed by atoms with Gasteiger partial charge in [0.2, 0.25) is 0 Å². The molecule has 0 atom stereocenters. The van der Waals surface area contributed by atoms with E-state index in [0.29, 0.717) is 10.4 Å². The molecule has 0 aromatic heterocycles. The molecule has 13 heavy (non-hydrogen) atoms. The summed E-state index contributed by atoms with van der Waals surface area (Å²) >= 11 is 0. The van der Waals surface area contributed by atoms with Crippen molar-refractivity contribution in [3.05, 3.63) is 0 Å². The Morgan fingerprint density at radius 2 is 1.77 bits per heavy atom. The summed E-state index contributed by atoms with van der Waals surface area (Å²) in [5.74, 6) is -0.230. The van der Waals surface area contributed by atoms with Crippen LogP contribution in [0.15, 0.2) is 0 Å². The molecule has 0 bridgehead atoms. The van der Waals surface area contributed by atoms with Crippen molar-refractivity contribution in [1.29, 1.82) is 0 Å². The summed E-state index contributed by atoms with van der Waals surface area (Å²) in [6.45, 7) is 8.64. The second-order valence-corrected chi connectivity index (χ2v) is 5.13. The molecule has 0 rings (SSSR count). The Balaban J connectivity index is 4.70. The molecule has 0 amide bonds. The van der Waals surface area contributed by atoms with Gasteiger partial charge in [0, 0.05) is 19.8 Å². The van der Waals surface area contributed by atoms with E-state index in [2.05, 4.69) is 13.8 Å². The molecular formula is C10H22NO2+. The minimum atomic E-state index is -0.738. The highest BCUT2D eigenvalue weighted by atomic mass is 16.4. The Morgan fingerprint density at radius 1 is 1.38 bits per heavy atom. The first-order valence-electron chi connectivity index (χ1n) is 4.67. The molecule has 0 aliphatic carbocycles. The smallest absolute Gasteiger partial charge is 0.365 e. The summed E-state index contributed by atoms with van der Waals surface area (Å²) in [6, 6.07) is 0. The van der Waals surface area contributed by atoms with Crippen LogP contribution in [0.5, 0.6) is 0 Å². The molecule has 0 fully saturated rings. The first-order valence-corrected chi connectivity index (χ1v) is 4.67. The van der Waals surface area contributed by atoms with Crippen LogP contribution in [0, 0.1) is 5.92 Å². The van der Waals surface area contributed by atoms with Gasteiger partial charge < -0.3 is 9.59 Å². The number of quaternary nitrogens is 1. The molecule has 0 saturated carbocycles. The zero-order valence-corrected chi connectivity index (χ0v) is 9.59. The highest BCUT2D eigenvalue weighted by Gasteiger charge is 2.43. The number of rotatable bonds is 4. The number of hydrogen-bond donors (Lipinski definition) is 1. The van der Waals surface area contributed by atoms with Gasteiger partial charge in [0.15, 0.2) is 5.54 Å². The van der Waals surface area contributed by atoms with E-state index in [1.165, 1.54) is 0 Å². The first-order chi connectivity index (χ1) is 5.61. The Hall–Kier alpha value is -0.570. The van der Waals surface area contributed by atoms with Crippen LogP contribution in [0.3, 0.4) is 0 Å². The van der Waals surface area contributed by atoms with Gasteiger partial charge in [-0.05, 0) is 0 Å². The fourth-order valence-corrected chi connectivity index (χ4v) is 1.40. The Labute approximate surface area is 80.9 Å². The van der Waals surface area contributed by atoms with Crippen LogP contribution < -0.4 is 0 Å². The van der Waals surface area contributed by atoms with Crippen molar-refractivity contribution < 1.29 is 14.4 Å². The highest BCUT2D eigenvalue weighted by Crippen LogP contribution is 2.22. The van der Waals surface area contributed by atoms with E-state index in [0.717, 1.165) is 6.54 Å². The number of carboxylic acids is 1. The van der Waals surface area contributed by atoms with Crippen molar-refractivity contribution in [1.82, 2.24) is 0 Å². The third-order valence-corrected chi connectivity index (χ3v) is 2.86. The third-order valence-electron chi connectivity index (χ3n) is 2.86. The quantitative estimate of drug-likeness (QED) is 0.680. The van der Waals surface area contributed by atoms with Crippen molar-refractivity contribution >= 4 is 5.97 Å². The number of carboxylic acid groups (broad SMARTS) is 1. The van der Waals surface area contributed by atoms with Gasteiger partial charge in [0.1, 0.15) is 0 Å². The molecule has 0 radical (unpaired) electrons. The number of hydrogen-bond acceptors (Lipinski definition) is 1. The molecule has 0 aromatic carbocycles. The van der Waals surface area contributed by atoms with Crippen LogP contribution in [0.25, 0.3) is 0 Å². The minimum absolute atomic E-state index is 0.508. The van der Waals surface area contributed by atoms with E-state index in [1.807, 2.05) is 14.1 Å². The summed E-state index contributed by atoms with van der Waals surface area (Å²) in [7, 11) is 3.93.